The lowest BCUT2D eigenvalue weighted by Crippen LogP contribution is -2.31. The molecule has 22 heavy (non-hydrogen) atoms. The molecule has 0 aliphatic carbocycles. The Morgan fingerprint density at radius 3 is 2.86 bits per heavy atom. The second-order valence-electron chi connectivity index (χ2n) is 5.62. The minimum absolute atomic E-state index is 0.229. The Balaban J connectivity index is 1.71. The first-order chi connectivity index (χ1) is 10.7. The summed E-state index contributed by atoms with van der Waals surface area (Å²) in [5, 5.41) is 0. The highest BCUT2D eigenvalue weighted by atomic mass is 79.9. The van der Waals surface area contributed by atoms with Crippen LogP contribution in [0.2, 0.25) is 0 Å². The number of hydrogen-bond donors (Lipinski definition) is 0. The van der Waals surface area contributed by atoms with Gasteiger partial charge in [-0.2, -0.15) is 0 Å². The Labute approximate surface area is 138 Å². The molecule has 0 amide bonds. The maximum absolute atomic E-state index is 13.2. The first-order valence-corrected chi connectivity index (χ1v) is 8.30. The zero-order valence-corrected chi connectivity index (χ0v) is 13.9. The average Bonchev–Trinajstić information content (AvgIpc) is 3.15. The van der Waals surface area contributed by atoms with Crippen molar-refractivity contribution in [2.75, 3.05) is 13.2 Å². The third kappa shape index (κ3) is 4.18. The highest BCUT2D eigenvalue weighted by Crippen LogP contribution is 2.22. The number of benzene rings is 1. The van der Waals surface area contributed by atoms with E-state index in [1.54, 1.807) is 6.26 Å². The molecular formula is C17H19BrFNO2. The fourth-order valence-electron chi connectivity index (χ4n) is 2.78. The van der Waals surface area contributed by atoms with Crippen molar-refractivity contribution in [3.05, 3.63) is 58.2 Å². The lowest BCUT2D eigenvalue weighted by Gasteiger charge is -2.25. The van der Waals surface area contributed by atoms with Gasteiger partial charge in [0, 0.05) is 24.2 Å². The summed E-state index contributed by atoms with van der Waals surface area (Å²) in [6, 6.07) is 8.70. The van der Waals surface area contributed by atoms with Crippen LogP contribution < -0.4 is 0 Å². The summed E-state index contributed by atoms with van der Waals surface area (Å²) in [5.74, 6) is 0.698. The van der Waals surface area contributed by atoms with Crippen LogP contribution in [0, 0.1) is 5.82 Å². The van der Waals surface area contributed by atoms with Crippen LogP contribution in [-0.4, -0.2) is 24.2 Å². The Kier molecular flexibility index (Phi) is 5.28. The molecule has 1 unspecified atom stereocenters. The molecule has 3 rings (SSSR count). The van der Waals surface area contributed by atoms with Crippen LogP contribution in [0.5, 0.6) is 0 Å². The minimum atomic E-state index is -0.229. The van der Waals surface area contributed by atoms with E-state index in [0.29, 0.717) is 0 Å². The van der Waals surface area contributed by atoms with Crippen molar-refractivity contribution < 1.29 is 13.5 Å². The number of hydrogen-bond acceptors (Lipinski definition) is 3. The molecule has 2 heterocycles. The molecule has 118 valence electrons. The average molecular weight is 368 g/mol. The van der Waals surface area contributed by atoms with E-state index in [9.17, 15) is 4.39 Å². The third-order valence-corrected chi connectivity index (χ3v) is 4.59. The first-order valence-electron chi connectivity index (χ1n) is 7.51. The van der Waals surface area contributed by atoms with Gasteiger partial charge in [-0.05, 0) is 42.7 Å². The number of ether oxygens (including phenoxy) is 1. The molecule has 0 spiro atoms. The van der Waals surface area contributed by atoms with E-state index in [4.69, 9.17) is 9.15 Å². The molecule has 1 aliphatic heterocycles. The van der Waals surface area contributed by atoms with Crippen molar-refractivity contribution in [1.82, 2.24) is 4.90 Å². The molecule has 1 saturated heterocycles. The van der Waals surface area contributed by atoms with Gasteiger partial charge in [-0.3, -0.25) is 4.90 Å². The molecular weight excluding hydrogens is 349 g/mol. The predicted octanol–water partition coefficient (Wildman–Crippen LogP) is 4.36. The molecule has 0 N–H and O–H groups in total. The summed E-state index contributed by atoms with van der Waals surface area (Å²) in [6.07, 6.45) is 4.18. The van der Waals surface area contributed by atoms with Crippen molar-refractivity contribution in [1.29, 1.82) is 0 Å². The van der Waals surface area contributed by atoms with Crippen LogP contribution in [0.1, 0.15) is 24.2 Å². The lowest BCUT2D eigenvalue weighted by molar-refractivity contribution is 0.0654. The second-order valence-corrected chi connectivity index (χ2v) is 6.47. The summed E-state index contributed by atoms with van der Waals surface area (Å²) in [4.78, 5) is 2.28. The van der Waals surface area contributed by atoms with Gasteiger partial charge in [-0.25, -0.2) is 4.39 Å². The van der Waals surface area contributed by atoms with Crippen LogP contribution in [0.4, 0.5) is 4.39 Å². The van der Waals surface area contributed by atoms with Crippen LogP contribution >= 0.6 is 15.9 Å². The van der Waals surface area contributed by atoms with Crippen LogP contribution in [-0.2, 0) is 17.8 Å². The molecule has 3 nitrogen and oxygen atoms in total. The van der Waals surface area contributed by atoms with Gasteiger partial charge in [-0.1, -0.05) is 22.0 Å². The second kappa shape index (κ2) is 7.40. The van der Waals surface area contributed by atoms with E-state index >= 15 is 0 Å². The number of nitrogens with zero attached hydrogens (tertiary/aromatic N) is 1. The van der Waals surface area contributed by atoms with Gasteiger partial charge < -0.3 is 9.15 Å². The normalized spacial score (nSPS) is 18.2. The molecule has 1 aromatic heterocycles. The summed E-state index contributed by atoms with van der Waals surface area (Å²) in [5.41, 5.74) is 1.06. The van der Waals surface area contributed by atoms with Crippen molar-refractivity contribution in [3.63, 3.8) is 0 Å². The molecule has 1 aromatic carbocycles. The van der Waals surface area contributed by atoms with E-state index < -0.39 is 0 Å². The van der Waals surface area contributed by atoms with Crippen LogP contribution in [0.15, 0.2) is 45.5 Å². The van der Waals surface area contributed by atoms with Crippen molar-refractivity contribution in [2.45, 2.75) is 32.0 Å². The van der Waals surface area contributed by atoms with Gasteiger partial charge in [-0.15, -0.1) is 0 Å². The molecule has 0 radical (unpaired) electrons. The van der Waals surface area contributed by atoms with E-state index in [0.717, 1.165) is 54.9 Å². The molecule has 1 aliphatic rings. The van der Waals surface area contributed by atoms with E-state index in [1.807, 2.05) is 18.2 Å². The van der Waals surface area contributed by atoms with Gasteiger partial charge in [0.2, 0.25) is 0 Å². The number of halogens is 2. The Morgan fingerprint density at radius 2 is 2.18 bits per heavy atom. The van der Waals surface area contributed by atoms with Gasteiger partial charge in [0.05, 0.1) is 18.9 Å². The van der Waals surface area contributed by atoms with E-state index in [1.165, 1.54) is 12.1 Å². The standard InChI is InChI=1S/C17H19BrFNO2/c18-17-9-14(19)6-5-13(17)10-20(11-15-3-1-7-21-15)12-16-4-2-8-22-16/h1,3,5-7,9,16H,2,4,8,10-12H2. The summed E-state index contributed by atoms with van der Waals surface area (Å²) in [7, 11) is 0. The quantitative estimate of drug-likeness (QED) is 0.758. The van der Waals surface area contributed by atoms with E-state index in [-0.39, 0.29) is 11.9 Å². The van der Waals surface area contributed by atoms with Gasteiger partial charge in [0.25, 0.3) is 0 Å². The Bertz CT molecular complexity index is 597. The highest BCUT2D eigenvalue weighted by molar-refractivity contribution is 9.10. The van der Waals surface area contributed by atoms with E-state index in [2.05, 4.69) is 20.8 Å². The SMILES string of the molecule is Fc1ccc(CN(Cc2ccco2)CC2CCCO2)c(Br)c1. The fourth-order valence-corrected chi connectivity index (χ4v) is 3.25. The third-order valence-electron chi connectivity index (χ3n) is 3.85. The fraction of sp³-hybridized carbons (Fsp3) is 0.412. The monoisotopic (exact) mass is 367 g/mol. The lowest BCUT2D eigenvalue weighted by atomic mass is 10.1. The maximum atomic E-state index is 13.2. The number of furan rings is 1. The smallest absolute Gasteiger partial charge is 0.124 e. The summed E-state index contributed by atoms with van der Waals surface area (Å²) < 4.78 is 25.2. The van der Waals surface area contributed by atoms with Crippen LogP contribution in [0.25, 0.3) is 0 Å². The molecule has 2 aromatic rings. The molecule has 5 heteroatoms. The van der Waals surface area contributed by atoms with Crippen molar-refractivity contribution >= 4 is 15.9 Å². The zero-order valence-electron chi connectivity index (χ0n) is 12.3. The number of rotatable bonds is 6. The molecule has 1 fully saturated rings. The molecule has 1 atom stereocenters. The van der Waals surface area contributed by atoms with Gasteiger partial charge in [0.1, 0.15) is 11.6 Å². The molecule has 0 bridgehead atoms. The highest BCUT2D eigenvalue weighted by Gasteiger charge is 2.20. The zero-order chi connectivity index (χ0) is 15.4. The van der Waals surface area contributed by atoms with Crippen molar-refractivity contribution in [3.8, 4) is 0 Å². The van der Waals surface area contributed by atoms with Gasteiger partial charge in [0.15, 0.2) is 0 Å². The van der Waals surface area contributed by atoms with Crippen LogP contribution in [0.3, 0.4) is 0 Å². The predicted molar refractivity (Wildman–Crippen MR) is 85.9 cm³/mol. The minimum Gasteiger partial charge on any atom is -0.468 e. The van der Waals surface area contributed by atoms with Crippen molar-refractivity contribution in [2.24, 2.45) is 0 Å². The Morgan fingerprint density at radius 1 is 1.27 bits per heavy atom. The first kappa shape index (κ1) is 15.7. The largest absolute Gasteiger partial charge is 0.468 e. The topological polar surface area (TPSA) is 25.6 Å². The summed E-state index contributed by atoms with van der Waals surface area (Å²) in [6.45, 7) is 3.14. The molecule has 0 saturated carbocycles. The van der Waals surface area contributed by atoms with Gasteiger partial charge >= 0.3 is 0 Å². The Hall–Kier alpha value is -1.17. The summed E-state index contributed by atoms with van der Waals surface area (Å²) >= 11 is 3.44. The maximum Gasteiger partial charge on any atom is 0.124 e.